The van der Waals surface area contributed by atoms with E-state index in [0.717, 1.165) is 6.42 Å². The van der Waals surface area contributed by atoms with Gasteiger partial charge in [0.25, 0.3) is 0 Å². The predicted molar refractivity (Wildman–Crippen MR) is 84.8 cm³/mol. The molecule has 94 valence electrons. The molecule has 0 aliphatic carbocycles. The molecule has 0 saturated heterocycles. The van der Waals surface area contributed by atoms with Gasteiger partial charge in [-0.1, -0.05) is 37.3 Å². The Bertz CT molecular complexity index is 375. The van der Waals surface area contributed by atoms with Crippen molar-refractivity contribution in [2.75, 3.05) is 6.54 Å². The molecule has 0 bridgehead atoms. The van der Waals surface area contributed by atoms with E-state index < -0.39 is 0 Å². The lowest BCUT2D eigenvalue weighted by Gasteiger charge is -2.06. The van der Waals surface area contributed by atoms with Crippen molar-refractivity contribution in [3.63, 3.8) is 0 Å². The second kappa shape index (κ2) is 9.04. The molecule has 3 nitrogen and oxygen atoms in total. The van der Waals surface area contributed by atoms with E-state index in [-0.39, 0.29) is 24.0 Å². The molecule has 17 heavy (non-hydrogen) atoms. The van der Waals surface area contributed by atoms with Crippen molar-refractivity contribution in [2.45, 2.75) is 19.9 Å². The van der Waals surface area contributed by atoms with Crippen molar-refractivity contribution < 1.29 is 0 Å². The molecule has 0 atom stereocenters. The lowest BCUT2D eigenvalue weighted by molar-refractivity contribution is 0.952. The summed E-state index contributed by atoms with van der Waals surface area (Å²) in [5.41, 5.74) is 8.24. The lowest BCUT2D eigenvalue weighted by Crippen LogP contribution is -2.31. The Morgan fingerprint density at radius 2 is 2.06 bits per heavy atom. The number of guanidine groups is 1. The maximum atomic E-state index is 5.69. The molecule has 0 aromatic heterocycles. The highest BCUT2D eigenvalue weighted by Crippen LogP contribution is 2.10. The minimum Gasteiger partial charge on any atom is -0.370 e. The summed E-state index contributed by atoms with van der Waals surface area (Å²) in [6.45, 7) is 7.01. The summed E-state index contributed by atoms with van der Waals surface area (Å²) in [6.07, 6.45) is 2.77. The average molecular weight is 345 g/mol. The van der Waals surface area contributed by atoms with Gasteiger partial charge < -0.3 is 11.1 Å². The van der Waals surface area contributed by atoms with Gasteiger partial charge in [0.1, 0.15) is 0 Å². The molecular weight excluding hydrogens is 325 g/mol. The Morgan fingerprint density at radius 3 is 2.65 bits per heavy atom. The van der Waals surface area contributed by atoms with E-state index in [1.165, 1.54) is 11.1 Å². The van der Waals surface area contributed by atoms with Gasteiger partial charge in [0.05, 0.1) is 6.54 Å². The molecule has 0 aliphatic rings. The fourth-order valence-corrected chi connectivity index (χ4v) is 1.46. The monoisotopic (exact) mass is 345 g/mol. The van der Waals surface area contributed by atoms with Gasteiger partial charge >= 0.3 is 0 Å². The molecule has 0 unspecified atom stereocenters. The van der Waals surface area contributed by atoms with Crippen LogP contribution in [0.3, 0.4) is 0 Å². The number of hydrogen-bond donors (Lipinski definition) is 2. The summed E-state index contributed by atoms with van der Waals surface area (Å²) in [7, 11) is 0. The van der Waals surface area contributed by atoms with Crippen LogP contribution in [0.1, 0.15) is 18.1 Å². The molecule has 1 rings (SSSR count). The molecule has 0 radical (unpaired) electrons. The largest absolute Gasteiger partial charge is 0.370 e. The Hall–Kier alpha value is -1.04. The summed E-state index contributed by atoms with van der Waals surface area (Å²) in [4.78, 5) is 4.28. The van der Waals surface area contributed by atoms with E-state index in [0.29, 0.717) is 19.0 Å². The van der Waals surface area contributed by atoms with Gasteiger partial charge in [-0.05, 0) is 17.5 Å². The molecule has 3 N–H and O–H groups in total. The van der Waals surface area contributed by atoms with E-state index in [1.807, 2.05) is 12.1 Å². The Morgan fingerprint density at radius 1 is 1.41 bits per heavy atom. The van der Waals surface area contributed by atoms with Gasteiger partial charge in [0.2, 0.25) is 0 Å². The molecule has 1 aromatic rings. The van der Waals surface area contributed by atoms with Crippen LogP contribution >= 0.6 is 24.0 Å². The van der Waals surface area contributed by atoms with Gasteiger partial charge in [0, 0.05) is 6.54 Å². The van der Waals surface area contributed by atoms with E-state index in [1.54, 1.807) is 6.08 Å². The highest BCUT2D eigenvalue weighted by Gasteiger charge is 1.98. The summed E-state index contributed by atoms with van der Waals surface area (Å²) < 4.78 is 0. The van der Waals surface area contributed by atoms with Crippen molar-refractivity contribution >= 4 is 29.9 Å². The number of rotatable bonds is 5. The second-order valence-corrected chi connectivity index (χ2v) is 3.49. The number of aliphatic imine (C=N–C) groups is 1. The van der Waals surface area contributed by atoms with Gasteiger partial charge in [-0.3, -0.25) is 0 Å². The Kier molecular flexibility index (Phi) is 8.49. The van der Waals surface area contributed by atoms with Crippen LogP contribution in [0.25, 0.3) is 0 Å². The zero-order valence-electron chi connectivity index (χ0n) is 10.1. The molecule has 0 amide bonds. The van der Waals surface area contributed by atoms with E-state index in [4.69, 9.17) is 5.73 Å². The second-order valence-electron chi connectivity index (χ2n) is 3.49. The molecule has 4 heteroatoms. The first kappa shape index (κ1) is 16.0. The van der Waals surface area contributed by atoms with Gasteiger partial charge in [-0.15, -0.1) is 30.6 Å². The van der Waals surface area contributed by atoms with Crippen molar-refractivity contribution in [1.82, 2.24) is 5.32 Å². The van der Waals surface area contributed by atoms with Gasteiger partial charge in [-0.2, -0.15) is 0 Å². The van der Waals surface area contributed by atoms with Crippen LogP contribution in [0, 0.1) is 0 Å². The molecule has 0 heterocycles. The van der Waals surface area contributed by atoms with E-state index in [2.05, 4.69) is 35.9 Å². The number of halogens is 1. The molecule has 0 spiro atoms. The van der Waals surface area contributed by atoms with Gasteiger partial charge in [-0.25, -0.2) is 4.99 Å². The first-order valence-electron chi connectivity index (χ1n) is 5.49. The van der Waals surface area contributed by atoms with Crippen molar-refractivity contribution in [2.24, 2.45) is 10.7 Å². The summed E-state index contributed by atoms with van der Waals surface area (Å²) in [5, 5.41) is 2.95. The molecule has 1 aromatic carbocycles. The van der Waals surface area contributed by atoms with Crippen LogP contribution in [0.5, 0.6) is 0 Å². The standard InChI is InChI=1S/C13H19N3.HI/c1-3-9-15-13(14)16-10-12-8-6-5-7-11(12)4-2;/h3,5-8H,1,4,9-10H2,2H3,(H3,14,15,16);1H. The zero-order chi connectivity index (χ0) is 11.8. The fraction of sp³-hybridized carbons (Fsp3) is 0.308. The normalized spacial score (nSPS) is 10.5. The van der Waals surface area contributed by atoms with Crippen LogP contribution in [0.15, 0.2) is 41.9 Å². The summed E-state index contributed by atoms with van der Waals surface area (Å²) in [6, 6.07) is 8.28. The summed E-state index contributed by atoms with van der Waals surface area (Å²) >= 11 is 0. The SMILES string of the molecule is C=CCNC(N)=NCc1ccccc1CC.I. The van der Waals surface area contributed by atoms with Gasteiger partial charge in [0.15, 0.2) is 5.96 Å². The fourth-order valence-electron chi connectivity index (χ4n) is 1.46. The third-order valence-corrected chi connectivity index (χ3v) is 2.35. The predicted octanol–water partition coefficient (Wildman–Crippen LogP) is 2.46. The third kappa shape index (κ3) is 5.72. The van der Waals surface area contributed by atoms with E-state index in [9.17, 15) is 0 Å². The highest BCUT2D eigenvalue weighted by molar-refractivity contribution is 14.0. The Balaban J connectivity index is 0.00000256. The maximum Gasteiger partial charge on any atom is 0.189 e. The maximum absolute atomic E-state index is 5.69. The smallest absolute Gasteiger partial charge is 0.189 e. The van der Waals surface area contributed by atoms with Crippen LogP contribution in [-0.4, -0.2) is 12.5 Å². The van der Waals surface area contributed by atoms with Crippen molar-refractivity contribution in [3.05, 3.63) is 48.0 Å². The quantitative estimate of drug-likeness (QED) is 0.373. The molecular formula is C13H20IN3. The Labute approximate surface area is 120 Å². The van der Waals surface area contributed by atoms with Crippen molar-refractivity contribution in [3.8, 4) is 0 Å². The van der Waals surface area contributed by atoms with Crippen LogP contribution in [-0.2, 0) is 13.0 Å². The molecule has 0 fully saturated rings. The number of nitrogens with one attached hydrogen (secondary N) is 1. The minimum atomic E-state index is 0. The van der Waals surface area contributed by atoms with Crippen LogP contribution in [0.2, 0.25) is 0 Å². The first-order chi connectivity index (χ1) is 7.77. The van der Waals surface area contributed by atoms with Crippen LogP contribution < -0.4 is 11.1 Å². The lowest BCUT2D eigenvalue weighted by atomic mass is 10.1. The average Bonchev–Trinajstić information content (AvgIpc) is 2.34. The van der Waals surface area contributed by atoms with Crippen molar-refractivity contribution in [1.29, 1.82) is 0 Å². The topological polar surface area (TPSA) is 50.4 Å². The molecule has 0 aliphatic heterocycles. The first-order valence-corrected chi connectivity index (χ1v) is 5.49. The number of hydrogen-bond acceptors (Lipinski definition) is 1. The number of nitrogens with zero attached hydrogens (tertiary/aromatic N) is 1. The highest BCUT2D eigenvalue weighted by atomic mass is 127. The third-order valence-electron chi connectivity index (χ3n) is 2.35. The van der Waals surface area contributed by atoms with Crippen LogP contribution in [0.4, 0.5) is 0 Å². The minimum absolute atomic E-state index is 0. The molecule has 0 saturated carbocycles. The summed E-state index contributed by atoms with van der Waals surface area (Å²) in [5.74, 6) is 0.464. The number of benzene rings is 1. The number of aryl methyl sites for hydroxylation is 1. The van der Waals surface area contributed by atoms with E-state index >= 15 is 0 Å². The number of nitrogens with two attached hydrogens (primary N) is 1. The zero-order valence-corrected chi connectivity index (χ0v) is 12.5.